The highest BCUT2D eigenvalue weighted by atomic mass is 32.1. The third-order valence-electron chi connectivity index (χ3n) is 7.89. The minimum atomic E-state index is 0.252. The van der Waals surface area contributed by atoms with E-state index in [1.54, 1.807) is 6.33 Å². The molecule has 1 saturated heterocycles. The second-order valence-electron chi connectivity index (χ2n) is 10.1. The Kier molecular flexibility index (Phi) is 5.47. The Morgan fingerprint density at radius 2 is 1.61 bits per heavy atom. The lowest BCUT2D eigenvalue weighted by Gasteiger charge is -2.40. The highest BCUT2D eigenvalue weighted by Gasteiger charge is 2.30. The summed E-state index contributed by atoms with van der Waals surface area (Å²) in [5.74, 6) is 1.49. The molecular formula is C29H30N6S. The predicted molar refractivity (Wildman–Crippen MR) is 146 cm³/mol. The summed E-state index contributed by atoms with van der Waals surface area (Å²) in [6.07, 6.45) is 5.36. The highest BCUT2D eigenvalue weighted by molar-refractivity contribution is 7.19. The van der Waals surface area contributed by atoms with Crippen molar-refractivity contribution < 1.29 is 0 Å². The van der Waals surface area contributed by atoms with Crippen molar-refractivity contribution in [2.75, 3.05) is 31.1 Å². The Labute approximate surface area is 215 Å². The van der Waals surface area contributed by atoms with E-state index in [4.69, 9.17) is 9.97 Å². The summed E-state index contributed by atoms with van der Waals surface area (Å²) >= 11 is 1.87. The van der Waals surface area contributed by atoms with Gasteiger partial charge < -0.3 is 4.90 Å². The standard InChI is InChI=1S/C29H30N6S/c1-20-9-8-14-23-24(20)25-27-30-19-31-35(27)29(32-28(25)36-23)34-17-15-33(16-18-34)26(21-10-4-2-5-11-21)22-12-6-3-7-13-22/h2-7,10-13,19-20,26H,8-9,14-18H2,1H3/t20-/m1/s1. The molecule has 2 aromatic carbocycles. The van der Waals surface area contributed by atoms with Crippen LogP contribution in [0.3, 0.4) is 0 Å². The smallest absolute Gasteiger partial charge is 0.230 e. The summed E-state index contributed by atoms with van der Waals surface area (Å²) in [6, 6.07) is 22.0. The van der Waals surface area contributed by atoms with E-state index in [1.165, 1.54) is 39.8 Å². The van der Waals surface area contributed by atoms with Crippen LogP contribution in [0.15, 0.2) is 67.0 Å². The van der Waals surface area contributed by atoms with Crippen LogP contribution in [-0.4, -0.2) is 50.7 Å². The first-order valence-corrected chi connectivity index (χ1v) is 13.8. The largest absolute Gasteiger partial charge is 0.338 e. The fraction of sp³-hybridized carbons (Fsp3) is 0.345. The van der Waals surface area contributed by atoms with Gasteiger partial charge in [0.15, 0.2) is 5.65 Å². The molecule has 0 saturated carbocycles. The molecular weight excluding hydrogens is 464 g/mol. The van der Waals surface area contributed by atoms with Gasteiger partial charge in [-0.15, -0.1) is 11.3 Å². The fourth-order valence-electron chi connectivity index (χ4n) is 6.16. The molecule has 36 heavy (non-hydrogen) atoms. The molecule has 4 heterocycles. The molecule has 2 aliphatic rings. The van der Waals surface area contributed by atoms with E-state index in [0.717, 1.165) is 49.0 Å². The number of aryl methyl sites for hydroxylation is 1. The van der Waals surface area contributed by atoms with E-state index in [0.29, 0.717) is 5.92 Å². The van der Waals surface area contributed by atoms with Gasteiger partial charge in [0.1, 0.15) is 11.2 Å². The number of thiophene rings is 1. The molecule has 0 amide bonds. The predicted octanol–water partition coefficient (Wildman–Crippen LogP) is 5.69. The van der Waals surface area contributed by atoms with Crippen molar-refractivity contribution in [1.29, 1.82) is 0 Å². The maximum Gasteiger partial charge on any atom is 0.230 e. The van der Waals surface area contributed by atoms with Gasteiger partial charge in [0.05, 0.1) is 11.4 Å². The molecule has 0 bridgehead atoms. The minimum Gasteiger partial charge on any atom is -0.338 e. The lowest BCUT2D eigenvalue weighted by molar-refractivity contribution is 0.211. The number of fused-ring (bicyclic) bond motifs is 5. The molecule has 7 rings (SSSR count). The molecule has 6 nitrogen and oxygen atoms in total. The molecule has 0 N–H and O–H groups in total. The first-order valence-electron chi connectivity index (χ1n) is 13.0. The van der Waals surface area contributed by atoms with E-state index in [2.05, 4.69) is 82.5 Å². The van der Waals surface area contributed by atoms with Gasteiger partial charge in [0.2, 0.25) is 5.95 Å². The van der Waals surface area contributed by atoms with Crippen LogP contribution in [0.4, 0.5) is 5.95 Å². The quantitative estimate of drug-likeness (QED) is 0.321. The van der Waals surface area contributed by atoms with Gasteiger partial charge in [-0.1, -0.05) is 67.6 Å². The van der Waals surface area contributed by atoms with Crippen molar-refractivity contribution in [2.24, 2.45) is 0 Å². The van der Waals surface area contributed by atoms with Gasteiger partial charge in [0, 0.05) is 31.1 Å². The third kappa shape index (κ3) is 3.61. The van der Waals surface area contributed by atoms with E-state index < -0.39 is 0 Å². The second kappa shape index (κ2) is 8.98. The Morgan fingerprint density at radius 3 is 2.31 bits per heavy atom. The summed E-state index contributed by atoms with van der Waals surface area (Å²) in [5, 5.41) is 5.87. The minimum absolute atomic E-state index is 0.252. The van der Waals surface area contributed by atoms with Gasteiger partial charge in [-0.3, -0.25) is 4.90 Å². The van der Waals surface area contributed by atoms with E-state index >= 15 is 0 Å². The normalized spacial score (nSPS) is 18.8. The number of aromatic nitrogens is 4. The van der Waals surface area contributed by atoms with Crippen LogP contribution in [0.2, 0.25) is 0 Å². The Hall–Kier alpha value is -3.29. The van der Waals surface area contributed by atoms with Crippen molar-refractivity contribution in [3.05, 3.63) is 88.6 Å². The first-order chi connectivity index (χ1) is 17.8. The van der Waals surface area contributed by atoms with Crippen molar-refractivity contribution in [2.45, 2.75) is 38.1 Å². The Bertz CT molecular complexity index is 1460. The van der Waals surface area contributed by atoms with Gasteiger partial charge in [-0.25, -0.2) is 9.97 Å². The molecule has 1 aliphatic carbocycles. The summed E-state index contributed by atoms with van der Waals surface area (Å²) in [6.45, 7) is 6.08. The van der Waals surface area contributed by atoms with Gasteiger partial charge in [0.25, 0.3) is 0 Å². The lowest BCUT2D eigenvalue weighted by atomic mass is 9.87. The van der Waals surface area contributed by atoms with Crippen LogP contribution in [0, 0.1) is 0 Å². The zero-order chi connectivity index (χ0) is 24.1. The number of piperazine rings is 1. The first kappa shape index (κ1) is 21.9. The molecule has 0 radical (unpaired) electrons. The maximum absolute atomic E-state index is 5.21. The van der Waals surface area contributed by atoms with Crippen LogP contribution < -0.4 is 4.90 Å². The van der Waals surface area contributed by atoms with Crippen molar-refractivity contribution in [3.63, 3.8) is 0 Å². The summed E-state index contributed by atoms with van der Waals surface area (Å²) in [7, 11) is 0. The zero-order valence-corrected chi connectivity index (χ0v) is 21.4. The number of hydrogen-bond donors (Lipinski definition) is 0. The monoisotopic (exact) mass is 494 g/mol. The SMILES string of the molecule is C[C@@H]1CCCc2sc3nc(N4CCN(C(c5ccccc5)c5ccccc5)CC4)n4ncnc4c3c21. The molecule has 5 aromatic rings. The molecule has 0 unspecified atom stereocenters. The number of benzene rings is 2. The summed E-state index contributed by atoms with van der Waals surface area (Å²) in [4.78, 5) is 17.5. The molecule has 182 valence electrons. The number of hydrogen-bond acceptors (Lipinski definition) is 6. The molecule has 1 atom stereocenters. The van der Waals surface area contributed by atoms with Gasteiger partial charge in [-0.05, 0) is 41.9 Å². The van der Waals surface area contributed by atoms with Crippen molar-refractivity contribution in [1.82, 2.24) is 24.5 Å². The fourth-order valence-corrected chi connectivity index (χ4v) is 7.48. The molecule has 1 aliphatic heterocycles. The number of anilines is 1. The van der Waals surface area contributed by atoms with Gasteiger partial charge in [-0.2, -0.15) is 9.61 Å². The van der Waals surface area contributed by atoms with Crippen LogP contribution in [0.25, 0.3) is 15.9 Å². The molecule has 1 fully saturated rings. The van der Waals surface area contributed by atoms with Crippen LogP contribution in [0.5, 0.6) is 0 Å². The van der Waals surface area contributed by atoms with E-state index in [1.807, 2.05) is 15.9 Å². The van der Waals surface area contributed by atoms with Crippen LogP contribution >= 0.6 is 11.3 Å². The topological polar surface area (TPSA) is 49.6 Å². The van der Waals surface area contributed by atoms with Crippen molar-refractivity contribution >= 4 is 33.1 Å². The van der Waals surface area contributed by atoms with E-state index in [-0.39, 0.29) is 6.04 Å². The molecule has 3 aromatic heterocycles. The van der Waals surface area contributed by atoms with Crippen LogP contribution in [-0.2, 0) is 6.42 Å². The maximum atomic E-state index is 5.21. The highest BCUT2D eigenvalue weighted by Crippen LogP contribution is 2.43. The molecule has 0 spiro atoms. The number of rotatable bonds is 4. The van der Waals surface area contributed by atoms with Crippen molar-refractivity contribution in [3.8, 4) is 0 Å². The lowest BCUT2D eigenvalue weighted by Crippen LogP contribution is -2.48. The number of nitrogens with zero attached hydrogens (tertiary/aromatic N) is 6. The zero-order valence-electron chi connectivity index (χ0n) is 20.5. The van der Waals surface area contributed by atoms with Gasteiger partial charge >= 0.3 is 0 Å². The molecule has 7 heteroatoms. The average Bonchev–Trinajstić information content (AvgIpc) is 3.55. The third-order valence-corrected chi connectivity index (χ3v) is 9.05. The van der Waals surface area contributed by atoms with E-state index in [9.17, 15) is 0 Å². The Balaban J connectivity index is 1.22. The van der Waals surface area contributed by atoms with Crippen LogP contribution in [0.1, 0.15) is 53.3 Å². The second-order valence-corrected chi connectivity index (χ2v) is 11.2. The summed E-state index contributed by atoms with van der Waals surface area (Å²) < 4.78 is 1.98. The Morgan fingerprint density at radius 1 is 0.917 bits per heavy atom. The average molecular weight is 495 g/mol. The summed E-state index contributed by atoms with van der Waals surface area (Å²) in [5.41, 5.74) is 5.12.